The quantitative estimate of drug-likeness (QED) is 0.690. The average Bonchev–Trinajstić information content (AvgIpc) is 2.14. The number of nitrogens with one attached hydrogen (secondary N) is 2. The fourth-order valence-electron chi connectivity index (χ4n) is 0.555. The van der Waals surface area contributed by atoms with Gasteiger partial charge in [0.15, 0.2) is 5.82 Å². The number of hydrogen-bond acceptors (Lipinski definition) is 4. The lowest BCUT2D eigenvalue weighted by molar-refractivity contribution is -0.173. The SMILES string of the molecule is O=C(NNc1cnccn1)C(F)(F)F. The van der Waals surface area contributed by atoms with Gasteiger partial charge in [0.25, 0.3) is 0 Å². The largest absolute Gasteiger partial charge is 0.472 e. The fourth-order valence-corrected chi connectivity index (χ4v) is 0.555. The van der Waals surface area contributed by atoms with Crippen LogP contribution in [-0.4, -0.2) is 22.1 Å². The number of amides is 1. The Labute approximate surface area is 76.3 Å². The number of anilines is 1. The van der Waals surface area contributed by atoms with E-state index < -0.39 is 12.1 Å². The van der Waals surface area contributed by atoms with Crippen LogP contribution in [0.3, 0.4) is 0 Å². The Bertz CT molecular complexity index is 313. The molecule has 0 aromatic carbocycles. The molecular weight excluding hydrogens is 201 g/mol. The Morgan fingerprint density at radius 3 is 2.57 bits per heavy atom. The van der Waals surface area contributed by atoms with Crippen LogP contribution in [0.25, 0.3) is 0 Å². The molecule has 0 aliphatic heterocycles. The van der Waals surface area contributed by atoms with Crippen molar-refractivity contribution in [1.29, 1.82) is 0 Å². The number of alkyl halides is 3. The standard InChI is InChI=1S/C6H5F3N4O/c7-6(8,9)5(14)13-12-4-3-10-1-2-11-4/h1-3H,(H,11,12)(H,13,14). The van der Waals surface area contributed by atoms with Gasteiger partial charge in [0.2, 0.25) is 0 Å². The molecule has 0 fully saturated rings. The van der Waals surface area contributed by atoms with Crippen LogP contribution in [0.15, 0.2) is 18.6 Å². The van der Waals surface area contributed by atoms with E-state index in [0.717, 1.165) is 6.20 Å². The zero-order chi connectivity index (χ0) is 10.6. The van der Waals surface area contributed by atoms with Crippen molar-refractivity contribution in [3.63, 3.8) is 0 Å². The summed E-state index contributed by atoms with van der Waals surface area (Å²) in [5.74, 6) is -2.08. The second-order valence-electron chi connectivity index (χ2n) is 2.17. The topological polar surface area (TPSA) is 66.9 Å². The minimum Gasteiger partial charge on any atom is -0.280 e. The molecule has 1 rings (SSSR count). The first-order valence-electron chi connectivity index (χ1n) is 3.39. The van der Waals surface area contributed by atoms with Crippen LogP contribution in [0, 0.1) is 0 Å². The summed E-state index contributed by atoms with van der Waals surface area (Å²) in [6.45, 7) is 0. The molecule has 1 aromatic heterocycles. The van der Waals surface area contributed by atoms with Crippen LogP contribution < -0.4 is 10.9 Å². The number of aromatic nitrogens is 2. The minimum absolute atomic E-state index is 0.0186. The number of halogens is 3. The highest BCUT2D eigenvalue weighted by atomic mass is 19.4. The highest BCUT2D eigenvalue weighted by Crippen LogP contribution is 2.13. The van der Waals surface area contributed by atoms with Crippen molar-refractivity contribution in [3.05, 3.63) is 18.6 Å². The van der Waals surface area contributed by atoms with E-state index in [1.165, 1.54) is 17.8 Å². The van der Waals surface area contributed by atoms with Crippen LogP contribution in [0.4, 0.5) is 19.0 Å². The van der Waals surface area contributed by atoms with Gasteiger partial charge in [-0.25, -0.2) is 4.98 Å². The second kappa shape index (κ2) is 3.90. The zero-order valence-corrected chi connectivity index (χ0v) is 6.67. The van der Waals surface area contributed by atoms with E-state index in [2.05, 4.69) is 9.97 Å². The van der Waals surface area contributed by atoms with Crippen LogP contribution in [0.2, 0.25) is 0 Å². The van der Waals surface area contributed by atoms with Gasteiger partial charge in [0, 0.05) is 12.4 Å². The third kappa shape index (κ3) is 2.88. The maximum atomic E-state index is 11.7. The number of rotatable bonds is 2. The monoisotopic (exact) mass is 206 g/mol. The van der Waals surface area contributed by atoms with Gasteiger partial charge >= 0.3 is 12.1 Å². The Balaban J connectivity index is 2.46. The lowest BCUT2D eigenvalue weighted by atomic mass is 10.6. The Kier molecular flexibility index (Phi) is 2.85. The molecule has 8 heteroatoms. The fraction of sp³-hybridized carbons (Fsp3) is 0.167. The van der Waals surface area contributed by atoms with Gasteiger partial charge in [-0.3, -0.25) is 20.6 Å². The molecule has 0 unspecified atom stereocenters. The molecule has 0 bridgehead atoms. The maximum Gasteiger partial charge on any atom is 0.472 e. The van der Waals surface area contributed by atoms with E-state index in [1.54, 1.807) is 0 Å². The molecule has 76 valence electrons. The molecule has 0 saturated heterocycles. The first-order valence-corrected chi connectivity index (χ1v) is 3.39. The highest BCUT2D eigenvalue weighted by molar-refractivity contribution is 5.82. The van der Waals surface area contributed by atoms with Crippen molar-refractivity contribution in [2.24, 2.45) is 0 Å². The molecule has 1 amide bonds. The van der Waals surface area contributed by atoms with E-state index in [9.17, 15) is 18.0 Å². The molecule has 0 spiro atoms. The first-order chi connectivity index (χ1) is 6.50. The Hall–Kier alpha value is -1.86. The average molecular weight is 206 g/mol. The lowest BCUT2D eigenvalue weighted by Gasteiger charge is -2.08. The highest BCUT2D eigenvalue weighted by Gasteiger charge is 2.38. The molecule has 14 heavy (non-hydrogen) atoms. The van der Waals surface area contributed by atoms with Gasteiger partial charge in [-0.1, -0.05) is 0 Å². The van der Waals surface area contributed by atoms with Crippen molar-refractivity contribution in [1.82, 2.24) is 15.4 Å². The predicted octanol–water partition coefficient (Wildman–Crippen LogP) is 0.482. The summed E-state index contributed by atoms with van der Waals surface area (Å²) < 4.78 is 35.0. The normalized spacial score (nSPS) is 10.8. The molecular formula is C6H5F3N4O. The van der Waals surface area contributed by atoms with Crippen LogP contribution >= 0.6 is 0 Å². The molecule has 5 nitrogen and oxygen atoms in total. The Morgan fingerprint density at radius 2 is 2.07 bits per heavy atom. The van der Waals surface area contributed by atoms with E-state index >= 15 is 0 Å². The number of nitrogens with zero attached hydrogens (tertiary/aromatic N) is 2. The van der Waals surface area contributed by atoms with Gasteiger partial charge in [-0.2, -0.15) is 13.2 Å². The van der Waals surface area contributed by atoms with Gasteiger partial charge in [0.1, 0.15) is 0 Å². The molecule has 0 aliphatic rings. The number of carbonyl (C=O) groups excluding carboxylic acids is 1. The molecule has 2 N–H and O–H groups in total. The Morgan fingerprint density at radius 1 is 1.36 bits per heavy atom. The van der Waals surface area contributed by atoms with Crippen molar-refractivity contribution in [2.75, 3.05) is 5.43 Å². The van der Waals surface area contributed by atoms with Gasteiger partial charge in [0.05, 0.1) is 6.20 Å². The molecule has 0 radical (unpaired) electrons. The summed E-state index contributed by atoms with van der Waals surface area (Å²) in [5.41, 5.74) is 3.38. The number of hydrogen-bond donors (Lipinski definition) is 2. The molecule has 0 aliphatic carbocycles. The second-order valence-corrected chi connectivity index (χ2v) is 2.17. The van der Waals surface area contributed by atoms with Gasteiger partial charge in [-0.15, -0.1) is 0 Å². The van der Waals surface area contributed by atoms with Gasteiger partial charge in [-0.05, 0) is 0 Å². The summed E-state index contributed by atoms with van der Waals surface area (Å²) in [5, 5.41) is 0. The third-order valence-corrected chi connectivity index (χ3v) is 1.12. The summed E-state index contributed by atoms with van der Waals surface area (Å²) in [4.78, 5) is 17.4. The number of hydrazine groups is 1. The predicted molar refractivity (Wildman–Crippen MR) is 39.9 cm³/mol. The van der Waals surface area contributed by atoms with Crippen LogP contribution in [-0.2, 0) is 4.79 Å². The molecule has 0 atom stereocenters. The minimum atomic E-state index is -4.92. The van der Waals surface area contributed by atoms with E-state index in [0.29, 0.717) is 0 Å². The van der Waals surface area contributed by atoms with E-state index in [-0.39, 0.29) is 5.82 Å². The summed E-state index contributed by atoms with van der Waals surface area (Å²) >= 11 is 0. The zero-order valence-electron chi connectivity index (χ0n) is 6.67. The van der Waals surface area contributed by atoms with E-state index in [4.69, 9.17) is 0 Å². The summed E-state index contributed by atoms with van der Waals surface area (Å²) in [6.07, 6.45) is -1.15. The van der Waals surface area contributed by atoms with Crippen LogP contribution in [0.5, 0.6) is 0 Å². The van der Waals surface area contributed by atoms with Crippen molar-refractivity contribution in [3.8, 4) is 0 Å². The first kappa shape index (κ1) is 10.2. The van der Waals surface area contributed by atoms with E-state index in [1.807, 2.05) is 5.43 Å². The summed E-state index contributed by atoms with van der Waals surface area (Å²) in [6, 6.07) is 0. The van der Waals surface area contributed by atoms with Crippen molar-refractivity contribution < 1.29 is 18.0 Å². The molecule has 1 aromatic rings. The number of carbonyl (C=O) groups is 1. The van der Waals surface area contributed by atoms with Crippen molar-refractivity contribution in [2.45, 2.75) is 6.18 Å². The molecule has 1 heterocycles. The lowest BCUT2D eigenvalue weighted by Crippen LogP contribution is -2.40. The third-order valence-electron chi connectivity index (χ3n) is 1.12. The molecule has 0 saturated carbocycles. The van der Waals surface area contributed by atoms with Crippen LogP contribution in [0.1, 0.15) is 0 Å². The summed E-state index contributed by atoms with van der Waals surface area (Å²) in [7, 11) is 0. The van der Waals surface area contributed by atoms with Gasteiger partial charge < -0.3 is 0 Å². The maximum absolute atomic E-state index is 11.7. The van der Waals surface area contributed by atoms with Crippen molar-refractivity contribution >= 4 is 11.7 Å². The smallest absolute Gasteiger partial charge is 0.280 e.